The van der Waals surface area contributed by atoms with Crippen LogP contribution in [0.3, 0.4) is 0 Å². The highest BCUT2D eigenvalue weighted by atomic mass is 16.5. The van der Waals surface area contributed by atoms with E-state index in [9.17, 15) is 14.9 Å². The summed E-state index contributed by atoms with van der Waals surface area (Å²) in [4.78, 5) is 24.1. The Balaban J connectivity index is 2.30. The first-order chi connectivity index (χ1) is 10.7. The van der Waals surface area contributed by atoms with Gasteiger partial charge in [-0.3, -0.25) is 13.9 Å². The maximum Gasteiger partial charge on any atom is 0.332 e. The van der Waals surface area contributed by atoms with Crippen LogP contribution in [0.2, 0.25) is 0 Å². The first kappa shape index (κ1) is 17.3. The van der Waals surface area contributed by atoms with Crippen LogP contribution in [0.15, 0.2) is 9.59 Å². The molecule has 0 radical (unpaired) electrons. The number of nitrogens with zero attached hydrogens (tertiary/aromatic N) is 3. The van der Waals surface area contributed by atoms with Crippen molar-refractivity contribution >= 4 is 5.82 Å². The summed E-state index contributed by atoms with van der Waals surface area (Å²) in [6.07, 6.45) is 1.01. The molecule has 1 fully saturated rings. The number of rotatable bonds is 3. The van der Waals surface area contributed by atoms with Crippen LogP contribution in [0.25, 0.3) is 0 Å². The Labute approximate surface area is 135 Å². The van der Waals surface area contributed by atoms with Crippen molar-refractivity contribution in [3.05, 3.63) is 26.4 Å². The monoisotopic (exact) mass is 320 g/mol. The van der Waals surface area contributed by atoms with Crippen molar-refractivity contribution in [2.75, 3.05) is 18.5 Å². The van der Waals surface area contributed by atoms with Crippen molar-refractivity contribution in [1.82, 2.24) is 9.13 Å². The smallest absolute Gasteiger partial charge is 0.332 e. The highest BCUT2D eigenvalue weighted by molar-refractivity contribution is 5.51. The van der Waals surface area contributed by atoms with Gasteiger partial charge in [0.15, 0.2) is 5.56 Å². The second-order valence-electron chi connectivity index (χ2n) is 7.13. The SMILES string of the molecule is Cn1c(NC[C@H]2CCO[C@@H]2C(C)(C)C)c(C#N)c(=O)n(C)c1=O. The topological polar surface area (TPSA) is 89.1 Å². The molecule has 0 aromatic carbocycles. The lowest BCUT2D eigenvalue weighted by Gasteiger charge is -2.31. The summed E-state index contributed by atoms with van der Waals surface area (Å²) in [5.41, 5.74) is -1.06. The summed E-state index contributed by atoms with van der Waals surface area (Å²) < 4.78 is 8.08. The third kappa shape index (κ3) is 3.17. The molecule has 126 valence electrons. The predicted octanol–water partition coefficient (Wildman–Crippen LogP) is 0.819. The van der Waals surface area contributed by atoms with E-state index in [2.05, 4.69) is 26.1 Å². The lowest BCUT2D eigenvalue weighted by atomic mass is 9.81. The van der Waals surface area contributed by atoms with Gasteiger partial charge < -0.3 is 10.1 Å². The van der Waals surface area contributed by atoms with Crippen molar-refractivity contribution in [2.24, 2.45) is 25.4 Å². The van der Waals surface area contributed by atoms with Crippen LogP contribution in [0, 0.1) is 22.7 Å². The Hall–Kier alpha value is -2.07. The van der Waals surface area contributed by atoms with Gasteiger partial charge in [0.2, 0.25) is 0 Å². The molecular formula is C16H24N4O3. The highest BCUT2D eigenvalue weighted by Gasteiger charge is 2.37. The van der Waals surface area contributed by atoms with E-state index in [1.165, 1.54) is 11.6 Å². The summed E-state index contributed by atoms with van der Waals surface area (Å²) in [6, 6.07) is 1.90. The normalized spacial score (nSPS) is 21.2. The molecule has 2 atom stereocenters. The van der Waals surface area contributed by atoms with E-state index in [1.807, 2.05) is 6.07 Å². The van der Waals surface area contributed by atoms with Gasteiger partial charge in [0.25, 0.3) is 5.56 Å². The molecule has 0 spiro atoms. The summed E-state index contributed by atoms with van der Waals surface area (Å²) in [7, 11) is 2.92. The summed E-state index contributed by atoms with van der Waals surface area (Å²) in [5.74, 6) is 0.542. The number of anilines is 1. The van der Waals surface area contributed by atoms with E-state index in [0.717, 1.165) is 11.0 Å². The molecule has 0 bridgehead atoms. The maximum absolute atomic E-state index is 12.1. The largest absolute Gasteiger partial charge is 0.377 e. The average Bonchev–Trinajstić information content (AvgIpc) is 2.96. The van der Waals surface area contributed by atoms with Crippen molar-refractivity contribution in [1.29, 1.82) is 5.26 Å². The Bertz CT molecular complexity index is 749. The number of hydrogen-bond donors (Lipinski definition) is 1. The highest BCUT2D eigenvalue weighted by Crippen LogP contribution is 2.34. The molecule has 7 heteroatoms. The lowest BCUT2D eigenvalue weighted by Crippen LogP contribution is -2.41. The van der Waals surface area contributed by atoms with Gasteiger partial charge in [-0.05, 0) is 11.8 Å². The molecule has 1 N–H and O–H groups in total. The fourth-order valence-corrected chi connectivity index (χ4v) is 3.18. The van der Waals surface area contributed by atoms with Gasteiger partial charge in [-0.15, -0.1) is 0 Å². The van der Waals surface area contributed by atoms with Crippen LogP contribution in [0.1, 0.15) is 32.8 Å². The number of aromatic nitrogens is 2. The van der Waals surface area contributed by atoms with E-state index in [1.54, 1.807) is 7.05 Å². The zero-order valence-electron chi connectivity index (χ0n) is 14.3. The number of nitriles is 1. The molecule has 23 heavy (non-hydrogen) atoms. The van der Waals surface area contributed by atoms with Crippen LogP contribution in [-0.2, 0) is 18.8 Å². The first-order valence-corrected chi connectivity index (χ1v) is 7.74. The van der Waals surface area contributed by atoms with Crippen LogP contribution >= 0.6 is 0 Å². The number of nitrogens with one attached hydrogen (secondary N) is 1. The minimum absolute atomic E-state index is 0.0135. The molecule has 0 unspecified atom stereocenters. The van der Waals surface area contributed by atoms with E-state index in [-0.39, 0.29) is 28.8 Å². The molecule has 1 aromatic rings. The second-order valence-corrected chi connectivity index (χ2v) is 7.13. The van der Waals surface area contributed by atoms with Gasteiger partial charge in [0, 0.05) is 33.2 Å². The molecule has 0 amide bonds. The van der Waals surface area contributed by atoms with Crippen molar-refractivity contribution < 1.29 is 4.74 Å². The van der Waals surface area contributed by atoms with E-state index < -0.39 is 11.2 Å². The third-order valence-electron chi connectivity index (χ3n) is 4.38. The molecular weight excluding hydrogens is 296 g/mol. The standard InChI is InChI=1S/C16H24N4O3/c1-16(2,3)12-10(6-7-23-12)9-18-13-11(8-17)14(21)20(5)15(22)19(13)4/h10,12,18H,6-7,9H2,1-5H3/t10-,12+/m1/s1. The van der Waals surface area contributed by atoms with Gasteiger partial charge in [0.1, 0.15) is 11.9 Å². The van der Waals surface area contributed by atoms with Gasteiger partial charge in [-0.25, -0.2) is 4.79 Å². The summed E-state index contributed by atoms with van der Waals surface area (Å²) in [6.45, 7) is 7.64. The van der Waals surface area contributed by atoms with Crippen molar-refractivity contribution in [2.45, 2.75) is 33.3 Å². The van der Waals surface area contributed by atoms with Crippen LogP contribution in [0.4, 0.5) is 5.82 Å². The molecule has 2 heterocycles. The Morgan fingerprint density at radius 3 is 2.52 bits per heavy atom. The number of hydrogen-bond acceptors (Lipinski definition) is 5. The fourth-order valence-electron chi connectivity index (χ4n) is 3.18. The molecule has 7 nitrogen and oxygen atoms in total. The predicted molar refractivity (Wildman–Crippen MR) is 87.4 cm³/mol. The summed E-state index contributed by atoms with van der Waals surface area (Å²) in [5, 5.41) is 12.4. The van der Waals surface area contributed by atoms with Gasteiger partial charge in [-0.2, -0.15) is 5.26 Å². The third-order valence-corrected chi connectivity index (χ3v) is 4.38. The molecule has 1 aromatic heterocycles. The Kier molecular flexibility index (Phi) is 4.66. The average molecular weight is 320 g/mol. The fraction of sp³-hybridized carbons (Fsp3) is 0.688. The zero-order valence-corrected chi connectivity index (χ0v) is 14.3. The lowest BCUT2D eigenvalue weighted by molar-refractivity contribution is 0.00955. The molecule has 2 rings (SSSR count). The van der Waals surface area contributed by atoms with Gasteiger partial charge in [0.05, 0.1) is 6.10 Å². The van der Waals surface area contributed by atoms with Gasteiger partial charge in [-0.1, -0.05) is 20.8 Å². The maximum atomic E-state index is 12.1. The second kappa shape index (κ2) is 6.20. The van der Waals surface area contributed by atoms with E-state index in [0.29, 0.717) is 13.2 Å². The molecule has 1 aliphatic heterocycles. The van der Waals surface area contributed by atoms with Gasteiger partial charge >= 0.3 is 5.69 Å². The molecule has 0 saturated carbocycles. The number of ether oxygens (including phenoxy) is 1. The zero-order chi connectivity index (χ0) is 17.4. The minimum atomic E-state index is -0.576. The Morgan fingerprint density at radius 2 is 1.96 bits per heavy atom. The minimum Gasteiger partial charge on any atom is -0.377 e. The van der Waals surface area contributed by atoms with Crippen molar-refractivity contribution in [3.8, 4) is 6.07 Å². The molecule has 0 aliphatic carbocycles. The quantitative estimate of drug-likeness (QED) is 0.890. The first-order valence-electron chi connectivity index (χ1n) is 7.74. The van der Waals surface area contributed by atoms with E-state index >= 15 is 0 Å². The van der Waals surface area contributed by atoms with Crippen LogP contribution in [0.5, 0.6) is 0 Å². The molecule has 1 aliphatic rings. The van der Waals surface area contributed by atoms with Crippen LogP contribution in [-0.4, -0.2) is 28.4 Å². The van der Waals surface area contributed by atoms with Crippen molar-refractivity contribution in [3.63, 3.8) is 0 Å². The van der Waals surface area contributed by atoms with Crippen LogP contribution < -0.4 is 16.6 Å². The molecule has 1 saturated heterocycles. The summed E-state index contributed by atoms with van der Waals surface area (Å²) >= 11 is 0. The van der Waals surface area contributed by atoms with E-state index in [4.69, 9.17) is 4.74 Å². The Morgan fingerprint density at radius 1 is 1.30 bits per heavy atom.